The van der Waals surface area contributed by atoms with Crippen molar-refractivity contribution < 1.29 is 18.3 Å². The van der Waals surface area contributed by atoms with Crippen LogP contribution in [0.2, 0.25) is 0 Å². The quantitative estimate of drug-likeness (QED) is 0.867. The van der Waals surface area contributed by atoms with Gasteiger partial charge in [-0.1, -0.05) is 6.07 Å². The number of hydrogen-bond donors (Lipinski definition) is 1. The molecule has 18 heavy (non-hydrogen) atoms. The molecule has 1 aliphatic heterocycles. The third kappa shape index (κ3) is 2.68. The lowest BCUT2D eigenvalue weighted by Gasteiger charge is -2.23. The lowest BCUT2D eigenvalue weighted by molar-refractivity contribution is -0.134. The predicted molar refractivity (Wildman–Crippen MR) is 64.3 cm³/mol. The van der Waals surface area contributed by atoms with Crippen LogP contribution in [-0.2, 0) is 14.8 Å². The maximum absolute atomic E-state index is 12.0. The number of rotatable bonds is 4. The van der Waals surface area contributed by atoms with Gasteiger partial charge in [0.25, 0.3) is 0 Å². The number of carboxylic acid groups (broad SMARTS) is 1. The normalized spacial score (nSPS) is 21.0. The number of carbonyl (C=O) groups is 1. The molecule has 0 amide bonds. The molecule has 0 spiro atoms. The molecule has 0 bridgehead atoms. The molecule has 1 fully saturated rings. The van der Waals surface area contributed by atoms with Crippen LogP contribution in [0.25, 0.3) is 0 Å². The first-order chi connectivity index (χ1) is 8.50. The molecule has 1 aromatic heterocycles. The second-order valence-electron chi connectivity index (χ2n) is 4.21. The Morgan fingerprint density at radius 3 is 2.94 bits per heavy atom. The molecule has 2 rings (SSSR count). The molecule has 0 saturated carbocycles. The second-order valence-corrected chi connectivity index (χ2v) is 6.13. The SMILES string of the molecule is O=C(O)CS(=O)(=O)N1CCCC1c1cccnc1. The lowest BCUT2D eigenvalue weighted by atomic mass is 10.1. The number of aliphatic carboxylic acids is 1. The van der Waals surface area contributed by atoms with E-state index in [9.17, 15) is 13.2 Å². The summed E-state index contributed by atoms with van der Waals surface area (Å²) in [6, 6.07) is 3.27. The first kappa shape index (κ1) is 13.0. The van der Waals surface area contributed by atoms with E-state index in [1.165, 1.54) is 4.31 Å². The molecule has 1 aromatic rings. The smallest absolute Gasteiger partial charge is 0.320 e. The largest absolute Gasteiger partial charge is 0.480 e. The zero-order valence-corrected chi connectivity index (χ0v) is 10.5. The number of hydrogen-bond acceptors (Lipinski definition) is 4. The van der Waals surface area contributed by atoms with E-state index < -0.39 is 21.7 Å². The number of pyridine rings is 1. The van der Waals surface area contributed by atoms with E-state index in [1.807, 2.05) is 6.07 Å². The summed E-state index contributed by atoms with van der Waals surface area (Å²) in [7, 11) is -3.75. The van der Waals surface area contributed by atoms with Crippen LogP contribution in [0, 0.1) is 0 Å². The van der Waals surface area contributed by atoms with E-state index >= 15 is 0 Å². The monoisotopic (exact) mass is 270 g/mol. The Kier molecular flexibility index (Phi) is 3.63. The fourth-order valence-corrected chi connectivity index (χ4v) is 3.72. The summed E-state index contributed by atoms with van der Waals surface area (Å²) in [5, 5.41) is 8.65. The number of carboxylic acids is 1. The fourth-order valence-electron chi connectivity index (χ4n) is 2.22. The Morgan fingerprint density at radius 1 is 1.56 bits per heavy atom. The fraction of sp³-hybridized carbons (Fsp3) is 0.455. The molecule has 2 heterocycles. The summed E-state index contributed by atoms with van der Waals surface area (Å²) in [6.07, 6.45) is 4.68. The van der Waals surface area contributed by atoms with Gasteiger partial charge in [-0.05, 0) is 24.5 Å². The molecule has 0 aromatic carbocycles. The van der Waals surface area contributed by atoms with Gasteiger partial charge in [0.1, 0.15) is 0 Å². The van der Waals surface area contributed by atoms with E-state index in [-0.39, 0.29) is 6.04 Å². The predicted octanol–water partition coefficient (Wildman–Crippen LogP) is 0.633. The van der Waals surface area contributed by atoms with Gasteiger partial charge in [0.15, 0.2) is 5.75 Å². The molecular formula is C11H14N2O4S. The summed E-state index contributed by atoms with van der Waals surface area (Å²) in [6.45, 7) is 0.370. The van der Waals surface area contributed by atoms with Crippen LogP contribution < -0.4 is 0 Å². The molecule has 1 unspecified atom stereocenters. The maximum Gasteiger partial charge on any atom is 0.320 e. The maximum atomic E-state index is 12.0. The summed E-state index contributed by atoms with van der Waals surface area (Å²) in [5.74, 6) is -2.18. The van der Waals surface area contributed by atoms with E-state index in [1.54, 1.807) is 18.5 Å². The molecule has 1 aliphatic rings. The van der Waals surface area contributed by atoms with Crippen LogP contribution in [0.5, 0.6) is 0 Å². The van der Waals surface area contributed by atoms with Crippen molar-refractivity contribution in [2.75, 3.05) is 12.3 Å². The zero-order chi connectivity index (χ0) is 13.2. The standard InChI is InChI=1S/C11H14N2O4S/c14-11(15)8-18(16,17)13-6-2-4-10(13)9-3-1-5-12-7-9/h1,3,5,7,10H,2,4,6,8H2,(H,14,15). The topological polar surface area (TPSA) is 87.6 Å². The van der Waals surface area contributed by atoms with Gasteiger partial charge in [-0.25, -0.2) is 8.42 Å². The molecule has 7 heteroatoms. The van der Waals surface area contributed by atoms with Crippen LogP contribution in [0.3, 0.4) is 0 Å². The van der Waals surface area contributed by atoms with Crippen molar-refractivity contribution >= 4 is 16.0 Å². The van der Waals surface area contributed by atoms with Gasteiger partial charge >= 0.3 is 5.97 Å². The summed E-state index contributed by atoms with van der Waals surface area (Å²) < 4.78 is 25.2. The van der Waals surface area contributed by atoms with Crippen LogP contribution >= 0.6 is 0 Å². The first-order valence-electron chi connectivity index (χ1n) is 5.62. The van der Waals surface area contributed by atoms with Gasteiger partial charge in [0.2, 0.25) is 10.0 Å². The van der Waals surface area contributed by atoms with Crippen LogP contribution in [-0.4, -0.2) is 41.1 Å². The summed E-state index contributed by atoms with van der Waals surface area (Å²) >= 11 is 0. The minimum Gasteiger partial charge on any atom is -0.480 e. The number of nitrogens with zero attached hydrogens (tertiary/aromatic N) is 2. The molecule has 0 radical (unpaired) electrons. The third-order valence-corrected chi connectivity index (χ3v) is 4.70. The highest BCUT2D eigenvalue weighted by atomic mass is 32.2. The van der Waals surface area contributed by atoms with Crippen molar-refractivity contribution in [3.8, 4) is 0 Å². The Bertz CT molecular complexity index is 529. The van der Waals surface area contributed by atoms with Gasteiger partial charge in [0.05, 0.1) is 6.04 Å². The first-order valence-corrected chi connectivity index (χ1v) is 7.23. The summed E-state index contributed by atoms with van der Waals surface area (Å²) in [4.78, 5) is 14.6. The van der Waals surface area contributed by atoms with Crippen molar-refractivity contribution in [3.63, 3.8) is 0 Å². The van der Waals surface area contributed by atoms with Gasteiger partial charge in [-0.2, -0.15) is 4.31 Å². The van der Waals surface area contributed by atoms with E-state index in [0.29, 0.717) is 13.0 Å². The number of aromatic nitrogens is 1. The second kappa shape index (κ2) is 5.03. The van der Waals surface area contributed by atoms with Crippen LogP contribution in [0.15, 0.2) is 24.5 Å². The average Bonchev–Trinajstić information content (AvgIpc) is 2.78. The van der Waals surface area contributed by atoms with Crippen molar-refractivity contribution in [2.24, 2.45) is 0 Å². The highest BCUT2D eigenvalue weighted by Gasteiger charge is 2.36. The Hall–Kier alpha value is -1.47. The van der Waals surface area contributed by atoms with Crippen molar-refractivity contribution in [1.82, 2.24) is 9.29 Å². The molecule has 6 nitrogen and oxygen atoms in total. The zero-order valence-electron chi connectivity index (χ0n) is 9.69. The van der Waals surface area contributed by atoms with Gasteiger partial charge in [-0.15, -0.1) is 0 Å². The molecule has 98 valence electrons. The van der Waals surface area contributed by atoms with E-state index in [2.05, 4.69) is 4.98 Å². The molecular weight excluding hydrogens is 256 g/mol. The molecule has 1 atom stereocenters. The van der Waals surface area contributed by atoms with E-state index in [4.69, 9.17) is 5.11 Å². The van der Waals surface area contributed by atoms with Crippen molar-refractivity contribution in [2.45, 2.75) is 18.9 Å². The highest BCUT2D eigenvalue weighted by molar-refractivity contribution is 7.89. The lowest BCUT2D eigenvalue weighted by Crippen LogP contribution is -2.35. The van der Waals surface area contributed by atoms with Gasteiger partial charge in [-0.3, -0.25) is 9.78 Å². The Labute approximate surface area is 105 Å². The van der Waals surface area contributed by atoms with Crippen molar-refractivity contribution in [1.29, 1.82) is 0 Å². The summed E-state index contributed by atoms with van der Waals surface area (Å²) in [5.41, 5.74) is 0.809. The molecule has 0 aliphatic carbocycles. The number of sulfonamides is 1. The van der Waals surface area contributed by atoms with Crippen LogP contribution in [0.1, 0.15) is 24.4 Å². The van der Waals surface area contributed by atoms with Gasteiger partial charge < -0.3 is 5.11 Å². The average molecular weight is 270 g/mol. The molecule has 1 N–H and O–H groups in total. The van der Waals surface area contributed by atoms with E-state index in [0.717, 1.165) is 12.0 Å². The third-order valence-electron chi connectivity index (χ3n) is 2.94. The van der Waals surface area contributed by atoms with Crippen molar-refractivity contribution in [3.05, 3.63) is 30.1 Å². The Morgan fingerprint density at radius 2 is 2.33 bits per heavy atom. The van der Waals surface area contributed by atoms with Crippen LogP contribution in [0.4, 0.5) is 0 Å². The highest BCUT2D eigenvalue weighted by Crippen LogP contribution is 2.33. The minimum absolute atomic E-state index is 0.289. The minimum atomic E-state index is -3.75. The van der Waals surface area contributed by atoms with Gasteiger partial charge in [0, 0.05) is 18.9 Å². The Balaban J connectivity index is 2.26. The molecule has 1 saturated heterocycles.